The van der Waals surface area contributed by atoms with Crippen molar-refractivity contribution in [3.8, 4) is 0 Å². The Morgan fingerprint density at radius 3 is 2.37 bits per heavy atom. The van der Waals surface area contributed by atoms with E-state index in [1.807, 2.05) is 21.9 Å². The van der Waals surface area contributed by atoms with Crippen molar-refractivity contribution in [3.63, 3.8) is 0 Å². The quantitative estimate of drug-likeness (QED) is 0.791. The predicted octanol–water partition coefficient (Wildman–Crippen LogP) is 2.91. The van der Waals surface area contributed by atoms with E-state index in [4.69, 9.17) is 16.3 Å². The van der Waals surface area contributed by atoms with Gasteiger partial charge in [-0.05, 0) is 37.0 Å². The van der Waals surface area contributed by atoms with Gasteiger partial charge in [-0.3, -0.25) is 9.69 Å². The summed E-state index contributed by atoms with van der Waals surface area (Å²) in [5.41, 5.74) is 0.696. The van der Waals surface area contributed by atoms with Crippen molar-refractivity contribution in [1.29, 1.82) is 0 Å². The van der Waals surface area contributed by atoms with Gasteiger partial charge in [0.15, 0.2) is 0 Å². The van der Waals surface area contributed by atoms with Gasteiger partial charge in [0.2, 0.25) is 5.91 Å². The van der Waals surface area contributed by atoms with Crippen LogP contribution in [0.25, 0.3) is 0 Å². The van der Waals surface area contributed by atoms with Crippen LogP contribution in [0.4, 0.5) is 10.5 Å². The summed E-state index contributed by atoms with van der Waals surface area (Å²) < 4.78 is 5.43. The van der Waals surface area contributed by atoms with E-state index in [-0.39, 0.29) is 18.0 Å². The highest BCUT2D eigenvalue weighted by Gasteiger charge is 2.39. The summed E-state index contributed by atoms with van der Waals surface area (Å²) in [7, 11) is 0. The third kappa shape index (κ3) is 5.07. The smallest absolute Gasteiger partial charge is 0.321 e. The molecule has 3 amide bonds. The van der Waals surface area contributed by atoms with Gasteiger partial charge in [-0.2, -0.15) is 0 Å². The van der Waals surface area contributed by atoms with Crippen molar-refractivity contribution in [3.05, 3.63) is 29.3 Å². The van der Waals surface area contributed by atoms with Gasteiger partial charge in [-0.15, -0.1) is 0 Å². The van der Waals surface area contributed by atoms with Crippen molar-refractivity contribution < 1.29 is 14.3 Å². The molecular formula is C22H31ClN4O3. The molecule has 2 heterocycles. The Balaban J connectivity index is 1.37. The number of hydrogen-bond acceptors (Lipinski definition) is 4. The summed E-state index contributed by atoms with van der Waals surface area (Å²) in [6.45, 7) is 5.30. The topological polar surface area (TPSA) is 65.1 Å². The van der Waals surface area contributed by atoms with Crippen LogP contribution in [-0.2, 0) is 9.53 Å². The van der Waals surface area contributed by atoms with Crippen LogP contribution in [0.5, 0.6) is 0 Å². The number of carbonyl (C=O) groups is 2. The minimum absolute atomic E-state index is 0.0660. The molecule has 1 aliphatic carbocycles. The lowest BCUT2D eigenvalue weighted by Crippen LogP contribution is -2.59. The maximum absolute atomic E-state index is 13.4. The number of nitrogens with zero attached hydrogens (tertiary/aromatic N) is 3. The first-order chi connectivity index (χ1) is 14.6. The first-order valence-corrected chi connectivity index (χ1v) is 11.4. The number of nitrogens with one attached hydrogen (secondary N) is 1. The first-order valence-electron chi connectivity index (χ1n) is 11.0. The molecule has 164 valence electrons. The monoisotopic (exact) mass is 434 g/mol. The number of urea groups is 1. The summed E-state index contributed by atoms with van der Waals surface area (Å²) in [5.74, 6) is 0.675. The molecule has 1 atom stereocenters. The van der Waals surface area contributed by atoms with Gasteiger partial charge in [0.05, 0.1) is 19.3 Å². The Kier molecular flexibility index (Phi) is 7.12. The van der Waals surface area contributed by atoms with E-state index in [1.54, 1.807) is 12.1 Å². The average molecular weight is 435 g/mol. The molecule has 2 saturated heterocycles. The van der Waals surface area contributed by atoms with Gasteiger partial charge in [0.1, 0.15) is 0 Å². The number of amides is 3. The zero-order valence-electron chi connectivity index (χ0n) is 17.4. The highest BCUT2D eigenvalue weighted by Crippen LogP contribution is 2.32. The van der Waals surface area contributed by atoms with Crippen LogP contribution < -0.4 is 5.32 Å². The van der Waals surface area contributed by atoms with Crippen LogP contribution in [0.1, 0.15) is 25.7 Å². The number of carbonyl (C=O) groups excluding carboxylic acids is 2. The number of piperazine rings is 1. The lowest BCUT2D eigenvalue weighted by molar-refractivity contribution is -0.144. The number of rotatable bonds is 4. The third-order valence-electron chi connectivity index (χ3n) is 6.49. The molecule has 7 nitrogen and oxygen atoms in total. The van der Waals surface area contributed by atoms with Crippen LogP contribution in [0.15, 0.2) is 24.3 Å². The number of hydrogen-bond donors (Lipinski definition) is 1. The molecule has 30 heavy (non-hydrogen) atoms. The molecule has 1 saturated carbocycles. The number of halogens is 1. The van der Waals surface area contributed by atoms with Gasteiger partial charge in [-0.1, -0.05) is 30.5 Å². The largest absolute Gasteiger partial charge is 0.378 e. The fourth-order valence-electron chi connectivity index (χ4n) is 4.87. The van der Waals surface area contributed by atoms with E-state index in [0.29, 0.717) is 56.0 Å². The second-order valence-electron chi connectivity index (χ2n) is 8.39. The van der Waals surface area contributed by atoms with Gasteiger partial charge in [0, 0.05) is 50.0 Å². The van der Waals surface area contributed by atoms with Gasteiger partial charge < -0.3 is 19.9 Å². The molecule has 3 fully saturated rings. The van der Waals surface area contributed by atoms with Gasteiger partial charge in [0.25, 0.3) is 0 Å². The standard InChI is InChI=1S/C22H31ClN4O3/c23-18-6-3-7-19(16-18)24-22(29)27-10-8-25(9-11-27)20(17-4-1-2-5-17)21(28)26-12-14-30-15-13-26/h3,6-7,16-17,20H,1-2,4-5,8-15H2,(H,24,29). The van der Waals surface area contributed by atoms with Crippen molar-refractivity contribution in [2.24, 2.45) is 5.92 Å². The SMILES string of the molecule is O=C(Nc1cccc(Cl)c1)N1CCN(C(C(=O)N2CCOCC2)C2CCCC2)CC1. The van der Waals surface area contributed by atoms with Crippen molar-refractivity contribution in [2.45, 2.75) is 31.7 Å². The second-order valence-corrected chi connectivity index (χ2v) is 8.83. The Bertz CT molecular complexity index is 742. The van der Waals surface area contributed by atoms with Crippen LogP contribution in [0.3, 0.4) is 0 Å². The molecule has 2 aliphatic heterocycles. The number of anilines is 1. The van der Waals surface area contributed by atoms with E-state index in [1.165, 1.54) is 12.8 Å². The molecule has 0 bridgehead atoms. The molecule has 4 rings (SSSR count). The minimum Gasteiger partial charge on any atom is -0.378 e. The molecule has 0 radical (unpaired) electrons. The summed E-state index contributed by atoms with van der Waals surface area (Å²) in [4.78, 5) is 32.2. The fourth-order valence-corrected chi connectivity index (χ4v) is 5.06. The summed E-state index contributed by atoms with van der Waals surface area (Å²) in [6, 6.07) is 6.99. The number of benzene rings is 1. The third-order valence-corrected chi connectivity index (χ3v) is 6.73. The molecular weight excluding hydrogens is 404 g/mol. The van der Waals surface area contributed by atoms with E-state index in [9.17, 15) is 9.59 Å². The maximum atomic E-state index is 13.4. The normalized spacial score (nSPS) is 22.2. The van der Waals surface area contributed by atoms with Gasteiger partial charge >= 0.3 is 6.03 Å². The number of morpholine rings is 1. The molecule has 0 spiro atoms. The molecule has 1 aromatic carbocycles. The molecule has 1 aromatic rings. The molecule has 3 aliphatic rings. The van der Waals surface area contributed by atoms with Crippen molar-refractivity contribution in [1.82, 2.24) is 14.7 Å². The molecule has 1 unspecified atom stereocenters. The highest BCUT2D eigenvalue weighted by atomic mass is 35.5. The van der Waals surface area contributed by atoms with Crippen LogP contribution in [-0.4, -0.2) is 85.2 Å². The molecule has 8 heteroatoms. The van der Waals surface area contributed by atoms with Crippen LogP contribution in [0.2, 0.25) is 5.02 Å². The lowest BCUT2D eigenvalue weighted by atomic mass is 9.94. The van der Waals surface area contributed by atoms with Crippen LogP contribution >= 0.6 is 11.6 Å². The second kappa shape index (κ2) is 9.98. The Morgan fingerprint density at radius 1 is 1.00 bits per heavy atom. The Hall–Kier alpha value is -1.83. The summed E-state index contributed by atoms with van der Waals surface area (Å²) in [5, 5.41) is 3.52. The average Bonchev–Trinajstić information content (AvgIpc) is 3.29. The van der Waals surface area contributed by atoms with E-state index in [0.717, 1.165) is 25.9 Å². The maximum Gasteiger partial charge on any atom is 0.321 e. The van der Waals surface area contributed by atoms with E-state index < -0.39 is 0 Å². The summed E-state index contributed by atoms with van der Waals surface area (Å²) >= 11 is 6.01. The lowest BCUT2D eigenvalue weighted by Gasteiger charge is -2.42. The zero-order valence-corrected chi connectivity index (χ0v) is 18.1. The Morgan fingerprint density at radius 2 is 1.70 bits per heavy atom. The first kappa shape index (κ1) is 21.4. The number of ether oxygens (including phenoxy) is 1. The fraction of sp³-hybridized carbons (Fsp3) is 0.636. The van der Waals surface area contributed by atoms with E-state index >= 15 is 0 Å². The van der Waals surface area contributed by atoms with Crippen molar-refractivity contribution >= 4 is 29.2 Å². The van der Waals surface area contributed by atoms with Crippen LogP contribution in [0, 0.1) is 5.92 Å². The highest BCUT2D eigenvalue weighted by molar-refractivity contribution is 6.30. The Labute approximate surface area is 183 Å². The molecule has 0 aromatic heterocycles. The zero-order chi connectivity index (χ0) is 20.9. The summed E-state index contributed by atoms with van der Waals surface area (Å²) in [6.07, 6.45) is 4.66. The molecule has 1 N–H and O–H groups in total. The minimum atomic E-state index is -0.117. The van der Waals surface area contributed by atoms with Gasteiger partial charge in [-0.25, -0.2) is 4.79 Å². The van der Waals surface area contributed by atoms with Crippen molar-refractivity contribution in [2.75, 3.05) is 57.8 Å². The predicted molar refractivity (Wildman–Crippen MR) is 117 cm³/mol. The van der Waals surface area contributed by atoms with E-state index in [2.05, 4.69) is 10.2 Å².